The summed E-state index contributed by atoms with van der Waals surface area (Å²) in [6.07, 6.45) is 0.276. The first-order valence-corrected chi connectivity index (χ1v) is 9.04. The molecule has 0 aromatic heterocycles. The Kier molecular flexibility index (Phi) is 5.18. The highest BCUT2D eigenvalue weighted by Gasteiger charge is 2.51. The maximum absolute atomic E-state index is 13.3. The smallest absolute Gasteiger partial charge is 0.324 e. The number of para-hydroxylation sites is 1. The molecule has 1 atom stereocenters. The number of aryl methyl sites for hydroxylation is 2. The van der Waals surface area contributed by atoms with Crippen molar-refractivity contribution in [3.8, 4) is 0 Å². The first-order chi connectivity index (χ1) is 13.3. The number of benzene rings is 2. The standard InChI is InChI=1S/C21H22FN3O3/c1-4-21(15-8-10-16(22)11-9-15)19(27)25(20(28)24-21)12-17(26)23-18-13(2)6-5-7-14(18)3/h5-11H,4,12H2,1-3H3,(H,23,26)(H,24,28)/t21-/m0/s1. The van der Waals surface area contributed by atoms with E-state index >= 15 is 0 Å². The second kappa shape index (κ2) is 7.42. The highest BCUT2D eigenvalue weighted by atomic mass is 19.1. The van der Waals surface area contributed by atoms with Gasteiger partial charge in [0.15, 0.2) is 0 Å². The molecule has 146 valence electrons. The molecule has 0 radical (unpaired) electrons. The predicted molar refractivity (Wildman–Crippen MR) is 103 cm³/mol. The Morgan fingerprint density at radius 3 is 2.29 bits per heavy atom. The van der Waals surface area contributed by atoms with Gasteiger partial charge in [-0.3, -0.25) is 14.5 Å². The first-order valence-electron chi connectivity index (χ1n) is 9.04. The Hall–Kier alpha value is -3.22. The molecule has 0 bridgehead atoms. The van der Waals surface area contributed by atoms with Crippen molar-refractivity contribution >= 4 is 23.5 Å². The maximum Gasteiger partial charge on any atom is 0.325 e. The minimum atomic E-state index is -1.30. The summed E-state index contributed by atoms with van der Waals surface area (Å²) in [5, 5.41) is 5.46. The van der Waals surface area contributed by atoms with Gasteiger partial charge in [-0.05, 0) is 49.1 Å². The lowest BCUT2D eigenvalue weighted by Crippen LogP contribution is -2.44. The van der Waals surface area contributed by atoms with E-state index in [0.717, 1.165) is 16.0 Å². The number of anilines is 1. The van der Waals surface area contributed by atoms with Crippen LogP contribution in [0.2, 0.25) is 0 Å². The molecule has 2 N–H and O–H groups in total. The predicted octanol–water partition coefficient (Wildman–Crippen LogP) is 3.24. The van der Waals surface area contributed by atoms with Crippen molar-refractivity contribution in [3.05, 3.63) is 65.0 Å². The Morgan fingerprint density at radius 1 is 1.11 bits per heavy atom. The zero-order chi connectivity index (χ0) is 20.5. The normalized spacial score (nSPS) is 18.9. The Balaban J connectivity index is 1.81. The summed E-state index contributed by atoms with van der Waals surface area (Å²) in [6, 6.07) is 10.4. The van der Waals surface area contributed by atoms with Crippen molar-refractivity contribution in [3.63, 3.8) is 0 Å². The van der Waals surface area contributed by atoms with Crippen LogP contribution >= 0.6 is 0 Å². The fourth-order valence-electron chi connectivity index (χ4n) is 3.48. The zero-order valence-electron chi connectivity index (χ0n) is 16.0. The largest absolute Gasteiger partial charge is 0.325 e. The average Bonchev–Trinajstić information content (AvgIpc) is 2.90. The molecule has 7 heteroatoms. The van der Waals surface area contributed by atoms with Crippen LogP contribution in [-0.2, 0) is 15.1 Å². The van der Waals surface area contributed by atoms with E-state index in [2.05, 4.69) is 10.6 Å². The monoisotopic (exact) mass is 383 g/mol. The molecule has 0 spiro atoms. The second-order valence-electron chi connectivity index (χ2n) is 6.90. The molecule has 1 aliphatic rings. The van der Waals surface area contributed by atoms with Crippen molar-refractivity contribution in [2.75, 3.05) is 11.9 Å². The van der Waals surface area contributed by atoms with Crippen LogP contribution in [0.15, 0.2) is 42.5 Å². The summed E-state index contributed by atoms with van der Waals surface area (Å²) < 4.78 is 13.3. The topological polar surface area (TPSA) is 78.5 Å². The lowest BCUT2D eigenvalue weighted by molar-refractivity contribution is -0.134. The van der Waals surface area contributed by atoms with Crippen molar-refractivity contribution in [2.24, 2.45) is 0 Å². The summed E-state index contributed by atoms with van der Waals surface area (Å²) >= 11 is 0. The van der Waals surface area contributed by atoms with Gasteiger partial charge in [-0.2, -0.15) is 0 Å². The van der Waals surface area contributed by atoms with Crippen LogP contribution in [0.25, 0.3) is 0 Å². The van der Waals surface area contributed by atoms with E-state index in [0.29, 0.717) is 11.3 Å². The third kappa shape index (κ3) is 3.35. The highest BCUT2D eigenvalue weighted by Crippen LogP contribution is 2.32. The van der Waals surface area contributed by atoms with Crippen LogP contribution in [0.3, 0.4) is 0 Å². The first kappa shape index (κ1) is 19.5. The number of carbonyl (C=O) groups excluding carboxylic acids is 3. The SMILES string of the molecule is CC[C@@]1(c2ccc(F)cc2)NC(=O)N(CC(=O)Nc2c(C)cccc2C)C1=O. The average molecular weight is 383 g/mol. The van der Waals surface area contributed by atoms with E-state index in [4.69, 9.17) is 0 Å². The van der Waals surface area contributed by atoms with Gasteiger partial charge in [0.1, 0.15) is 17.9 Å². The fourth-order valence-corrected chi connectivity index (χ4v) is 3.48. The lowest BCUT2D eigenvalue weighted by Gasteiger charge is -2.25. The van der Waals surface area contributed by atoms with Gasteiger partial charge in [-0.15, -0.1) is 0 Å². The summed E-state index contributed by atoms with van der Waals surface area (Å²) in [4.78, 5) is 38.9. The molecule has 0 unspecified atom stereocenters. The van der Waals surface area contributed by atoms with Crippen LogP contribution in [-0.4, -0.2) is 29.3 Å². The van der Waals surface area contributed by atoms with E-state index in [1.165, 1.54) is 24.3 Å². The molecule has 1 saturated heterocycles. The Morgan fingerprint density at radius 2 is 1.71 bits per heavy atom. The molecule has 2 aromatic carbocycles. The van der Waals surface area contributed by atoms with Crippen LogP contribution in [0.5, 0.6) is 0 Å². The van der Waals surface area contributed by atoms with E-state index in [9.17, 15) is 18.8 Å². The maximum atomic E-state index is 13.3. The molecule has 3 rings (SSSR count). The summed E-state index contributed by atoms with van der Waals surface area (Å²) in [5.74, 6) is -1.42. The third-order valence-corrected chi connectivity index (χ3v) is 5.09. The van der Waals surface area contributed by atoms with Gasteiger partial charge in [0.25, 0.3) is 5.91 Å². The number of halogens is 1. The molecule has 0 aliphatic carbocycles. The number of nitrogens with zero attached hydrogens (tertiary/aromatic N) is 1. The van der Waals surface area contributed by atoms with Crippen LogP contribution in [0.1, 0.15) is 30.0 Å². The van der Waals surface area contributed by atoms with Gasteiger partial charge in [0.05, 0.1) is 0 Å². The number of hydrogen-bond acceptors (Lipinski definition) is 3. The number of amides is 4. The number of rotatable bonds is 5. The van der Waals surface area contributed by atoms with Crippen molar-refractivity contribution < 1.29 is 18.8 Å². The molecular formula is C21H22FN3O3. The zero-order valence-corrected chi connectivity index (χ0v) is 16.0. The molecule has 6 nitrogen and oxygen atoms in total. The van der Waals surface area contributed by atoms with Crippen LogP contribution in [0.4, 0.5) is 14.9 Å². The van der Waals surface area contributed by atoms with E-state index in [-0.39, 0.29) is 6.42 Å². The quantitative estimate of drug-likeness (QED) is 0.778. The molecular weight excluding hydrogens is 361 g/mol. The van der Waals surface area contributed by atoms with Gasteiger partial charge in [-0.25, -0.2) is 9.18 Å². The molecule has 28 heavy (non-hydrogen) atoms. The van der Waals surface area contributed by atoms with Crippen molar-refractivity contribution in [1.29, 1.82) is 0 Å². The van der Waals surface area contributed by atoms with Crippen LogP contribution < -0.4 is 10.6 Å². The fraction of sp³-hybridized carbons (Fsp3) is 0.286. The van der Waals surface area contributed by atoms with Crippen molar-refractivity contribution in [1.82, 2.24) is 10.2 Å². The summed E-state index contributed by atoms with van der Waals surface area (Å²) in [5.41, 5.74) is 1.62. The summed E-state index contributed by atoms with van der Waals surface area (Å²) in [7, 11) is 0. The van der Waals surface area contributed by atoms with E-state index in [1.54, 1.807) is 6.92 Å². The number of hydrogen-bond donors (Lipinski definition) is 2. The molecule has 1 heterocycles. The summed E-state index contributed by atoms with van der Waals surface area (Å²) in [6.45, 7) is 5.09. The lowest BCUT2D eigenvalue weighted by atomic mass is 9.87. The van der Waals surface area contributed by atoms with Crippen molar-refractivity contribution in [2.45, 2.75) is 32.7 Å². The van der Waals surface area contributed by atoms with E-state index < -0.39 is 35.7 Å². The molecule has 1 aliphatic heterocycles. The molecule has 2 aromatic rings. The number of carbonyl (C=O) groups is 3. The Labute approximate surface area is 162 Å². The second-order valence-corrected chi connectivity index (χ2v) is 6.90. The third-order valence-electron chi connectivity index (χ3n) is 5.09. The van der Waals surface area contributed by atoms with Gasteiger partial charge in [0, 0.05) is 5.69 Å². The molecule has 1 fully saturated rings. The molecule has 0 saturated carbocycles. The van der Waals surface area contributed by atoms with Gasteiger partial charge >= 0.3 is 6.03 Å². The van der Waals surface area contributed by atoms with Gasteiger partial charge < -0.3 is 10.6 Å². The van der Waals surface area contributed by atoms with E-state index in [1.807, 2.05) is 32.0 Å². The minimum absolute atomic E-state index is 0.276. The number of imide groups is 1. The number of urea groups is 1. The number of nitrogens with one attached hydrogen (secondary N) is 2. The Bertz CT molecular complexity index is 922. The molecule has 4 amide bonds. The van der Waals surface area contributed by atoms with Gasteiger partial charge in [0.2, 0.25) is 5.91 Å². The highest BCUT2D eigenvalue weighted by molar-refractivity contribution is 6.10. The van der Waals surface area contributed by atoms with Crippen LogP contribution in [0, 0.1) is 19.7 Å². The minimum Gasteiger partial charge on any atom is -0.324 e. The van der Waals surface area contributed by atoms with Gasteiger partial charge in [-0.1, -0.05) is 37.3 Å².